The number of benzene rings is 2. The zero-order valence-corrected chi connectivity index (χ0v) is 17.3. The molecular formula is C23H26N4O3. The zero-order chi connectivity index (χ0) is 21.3. The van der Waals surface area contributed by atoms with Crippen LogP contribution in [0.1, 0.15) is 18.9 Å². The summed E-state index contributed by atoms with van der Waals surface area (Å²) in [4.78, 5) is 44.6. The molecule has 1 aromatic heterocycles. The number of anilines is 1. The Labute approximate surface area is 174 Å². The largest absolute Gasteiger partial charge is 0.365 e. The van der Waals surface area contributed by atoms with Crippen molar-refractivity contribution in [1.82, 2.24) is 14.5 Å². The van der Waals surface area contributed by atoms with Crippen molar-refractivity contribution in [2.24, 2.45) is 0 Å². The van der Waals surface area contributed by atoms with Crippen LogP contribution in [0.15, 0.2) is 58.1 Å². The van der Waals surface area contributed by atoms with Crippen LogP contribution in [0.3, 0.4) is 0 Å². The summed E-state index contributed by atoms with van der Waals surface area (Å²) in [5, 5.41) is 0.449. The summed E-state index contributed by atoms with van der Waals surface area (Å²) in [5.74, 6) is -0.0369. The summed E-state index contributed by atoms with van der Waals surface area (Å²) in [7, 11) is 0. The molecule has 156 valence electrons. The Morgan fingerprint density at radius 1 is 1.10 bits per heavy atom. The maximum atomic E-state index is 12.8. The third-order valence-electron chi connectivity index (χ3n) is 5.75. The van der Waals surface area contributed by atoms with Gasteiger partial charge in [-0.15, -0.1) is 0 Å². The molecule has 1 atom stereocenters. The van der Waals surface area contributed by atoms with Crippen molar-refractivity contribution < 1.29 is 4.79 Å². The predicted octanol–water partition coefficient (Wildman–Crippen LogP) is 2.13. The molecule has 0 radical (unpaired) electrons. The fourth-order valence-corrected chi connectivity index (χ4v) is 4.14. The second-order valence-electron chi connectivity index (χ2n) is 7.90. The first-order valence-electron chi connectivity index (χ1n) is 10.3. The van der Waals surface area contributed by atoms with E-state index in [4.69, 9.17) is 0 Å². The van der Waals surface area contributed by atoms with Gasteiger partial charge >= 0.3 is 5.69 Å². The number of H-pyrrole nitrogens is 1. The number of nitrogens with one attached hydrogen (secondary N) is 1. The normalized spacial score (nSPS) is 16.8. The molecule has 2 heterocycles. The van der Waals surface area contributed by atoms with E-state index in [1.54, 1.807) is 24.3 Å². The van der Waals surface area contributed by atoms with E-state index in [0.717, 1.165) is 11.1 Å². The van der Waals surface area contributed by atoms with E-state index < -0.39 is 5.69 Å². The second-order valence-corrected chi connectivity index (χ2v) is 7.90. The fourth-order valence-electron chi connectivity index (χ4n) is 4.14. The minimum Gasteiger partial charge on any atom is -0.365 e. The highest BCUT2D eigenvalue weighted by Crippen LogP contribution is 2.22. The lowest BCUT2D eigenvalue weighted by Crippen LogP contribution is -2.54. The summed E-state index contributed by atoms with van der Waals surface area (Å²) >= 11 is 0. The Balaban J connectivity index is 1.43. The van der Waals surface area contributed by atoms with Crippen molar-refractivity contribution in [1.29, 1.82) is 0 Å². The van der Waals surface area contributed by atoms with E-state index in [2.05, 4.69) is 41.9 Å². The van der Waals surface area contributed by atoms with Gasteiger partial charge in [-0.2, -0.15) is 0 Å². The van der Waals surface area contributed by atoms with Crippen LogP contribution in [0.25, 0.3) is 10.9 Å². The van der Waals surface area contributed by atoms with Crippen molar-refractivity contribution in [2.75, 3.05) is 24.5 Å². The topological polar surface area (TPSA) is 78.4 Å². The SMILES string of the molecule is Cc1cccc(N2CCN(C(=O)CCn3c(=O)[nH]c4ccccc4c3=O)CC2C)c1. The molecule has 4 rings (SSSR count). The maximum absolute atomic E-state index is 12.8. The quantitative estimate of drug-likeness (QED) is 0.720. The molecule has 1 aliphatic rings. The highest BCUT2D eigenvalue weighted by atomic mass is 16.2. The Bertz CT molecular complexity index is 1200. The number of aryl methyl sites for hydroxylation is 1. The average Bonchev–Trinajstić information content (AvgIpc) is 2.73. The molecule has 1 amide bonds. The molecule has 0 saturated carbocycles. The van der Waals surface area contributed by atoms with Crippen molar-refractivity contribution in [3.05, 3.63) is 74.9 Å². The number of aromatic amines is 1. The molecular weight excluding hydrogens is 380 g/mol. The molecule has 1 saturated heterocycles. The number of nitrogens with zero attached hydrogens (tertiary/aromatic N) is 3. The molecule has 1 N–H and O–H groups in total. The van der Waals surface area contributed by atoms with Crippen LogP contribution in [0.4, 0.5) is 5.69 Å². The van der Waals surface area contributed by atoms with Gasteiger partial charge in [0, 0.05) is 44.3 Å². The lowest BCUT2D eigenvalue weighted by molar-refractivity contribution is -0.132. The molecule has 1 unspecified atom stereocenters. The minimum absolute atomic E-state index is 0.0369. The summed E-state index contributed by atoms with van der Waals surface area (Å²) in [6.45, 7) is 6.26. The number of hydrogen-bond donors (Lipinski definition) is 1. The third kappa shape index (κ3) is 3.87. The Hall–Kier alpha value is -3.35. The lowest BCUT2D eigenvalue weighted by Gasteiger charge is -2.41. The van der Waals surface area contributed by atoms with E-state index in [1.807, 2.05) is 11.0 Å². The molecule has 0 aliphatic carbocycles. The van der Waals surface area contributed by atoms with Gasteiger partial charge in [-0.25, -0.2) is 4.79 Å². The highest BCUT2D eigenvalue weighted by molar-refractivity contribution is 5.78. The van der Waals surface area contributed by atoms with Gasteiger partial charge in [-0.1, -0.05) is 24.3 Å². The lowest BCUT2D eigenvalue weighted by atomic mass is 10.1. The number of carbonyl (C=O) groups is 1. The van der Waals surface area contributed by atoms with Gasteiger partial charge in [0.1, 0.15) is 0 Å². The van der Waals surface area contributed by atoms with Crippen molar-refractivity contribution in [3.8, 4) is 0 Å². The molecule has 0 spiro atoms. The fraction of sp³-hybridized carbons (Fsp3) is 0.348. The summed E-state index contributed by atoms with van der Waals surface area (Å²) < 4.78 is 1.12. The van der Waals surface area contributed by atoms with Crippen LogP contribution in [0.2, 0.25) is 0 Å². The number of carbonyl (C=O) groups excluding carboxylic acids is 1. The number of amides is 1. The Kier molecular flexibility index (Phi) is 5.44. The van der Waals surface area contributed by atoms with Gasteiger partial charge in [-0.3, -0.25) is 14.2 Å². The van der Waals surface area contributed by atoms with Crippen molar-refractivity contribution in [2.45, 2.75) is 32.9 Å². The van der Waals surface area contributed by atoms with Gasteiger partial charge < -0.3 is 14.8 Å². The van der Waals surface area contributed by atoms with Crippen molar-refractivity contribution >= 4 is 22.5 Å². The summed E-state index contributed by atoms with van der Waals surface area (Å²) in [6.07, 6.45) is 0.124. The predicted molar refractivity (Wildman–Crippen MR) is 118 cm³/mol. The van der Waals surface area contributed by atoms with Crippen LogP contribution in [0.5, 0.6) is 0 Å². The van der Waals surface area contributed by atoms with Crippen LogP contribution in [-0.4, -0.2) is 46.0 Å². The monoisotopic (exact) mass is 406 g/mol. The first-order valence-corrected chi connectivity index (χ1v) is 10.3. The first-order chi connectivity index (χ1) is 14.4. The number of para-hydroxylation sites is 1. The summed E-state index contributed by atoms with van der Waals surface area (Å²) in [6, 6.07) is 15.5. The molecule has 2 aromatic carbocycles. The summed E-state index contributed by atoms with van der Waals surface area (Å²) in [5.41, 5.74) is 2.05. The second kappa shape index (κ2) is 8.18. The average molecular weight is 406 g/mol. The van der Waals surface area contributed by atoms with E-state index in [0.29, 0.717) is 24.0 Å². The van der Waals surface area contributed by atoms with Gasteiger partial charge in [0.05, 0.1) is 10.9 Å². The zero-order valence-electron chi connectivity index (χ0n) is 17.3. The van der Waals surface area contributed by atoms with Gasteiger partial charge in [-0.05, 0) is 43.7 Å². The molecule has 7 heteroatoms. The van der Waals surface area contributed by atoms with E-state index in [1.165, 1.54) is 11.3 Å². The number of rotatable bonds is 4. The third-order valence-corrected chi connectivity index (χ3v) is 5.75. The number of fused-ring (bicyclic) bond motifs is 1. The molecule has 7 nitrogen and oxygen atoms in total. The van der Waals surface area contributed by atoms with Gasteiger partial charge in [0.15, 0.2) is 0 Å². The van der Waals surface area contributed by atoms with E-state index in [9.17, 15) is 14.4 Å². The van der Waals surface area contributed by atoms with Gasteiger partial charge in [0.2, 0.25) is 5.91 Å². The Morgan fingerprint density at radius 3 is 2.67 bits per heavy atom. The standard InChI is InChI=1S/C23H26N4O3/c1-16-6-5-7-18(14-16)26-13-12-25(15-17(26)2)21(28)10-11-27-22(29)19-8-3-4-9-20(19)24-23(27)30/h3-9,14,17H,10-13,15H2,1-2H3,(H,24,30). The van der Waals surface area contributed by atoms with E-state index in [-0.39, 0.29) is 30.5 Å². The molecule has 1 fully saturated rings. The van der Waals surface area contributed by atoms with E-state index >= 15 is 0 Å². The van der Waals surface area contributed by atoms with Crippen molar-refractivity contribution in [3.63, 3.8) is 0 Å². The van der Waals surface area contributed by atoms with Crippen LogP contribution in [-0.2, 0) is 11.3 Å². The van der Waals surface area contributed by atoms with Crippen LogP contribution >= 0.6 is 0 Å². The number of hydrogen-bond acceptors (Lipinski definition) is 4. The van der Waals surface area contributed by atoms with Crippen LogP contribution in [0, 0.1) is 6.92 Å². The number of aromatic nitrogens is 2. The number of piperazine rings is 1. The van der Waals surface area contributed by atoms with Crippen LogP contribution < -0.4 is 16.1 Å². The smallest absolute Gasteiger partial charge is 0.328 e. The first kappa shape index (κ1) is 19.9. The molecule has 3 aromatic rings. The molecule has 30 heavy (non-hydrogen) atoms. The maximum Gasteiger partial charge on any atom is 0.328 e. The van der Waals surface area contributed by atoms with Gasteiger partial charge in [0.25, 0.3) is 5.56 Å². The Morgan fingerprint density at radius 2 is 1.90 bits per heavy atom. The highest BCUT2D eigenvalue weighted by Gasteiger charge is 2.27. The molecule has 1 aliphatic heterocycles. The molecule has 0 bridgehead atoms. The minimum atomic E-state index is -0.482.